The van der Waals surface area contributed by atoms with E-state index in [4.69, 9.17) is 0 Å². The predicted octanol–water partition coefficient (Wildman–Crippen LogP) is 4.94. The van der Waals surface area contributed by atoms with E-state index in [1.165, 1.54) is 22.8 Å². The Bertz CT molecular complexity index is 1110. The molecule has 1 aromatic heterocycles. The lowest BCUT2D eigenvalue weighted by Gasteiger charge is -2.26. The summed E-state index contributed by atoms with van der Waals surface area (Å²) in [4.78, 5) is 24.7. The van der Waals surface area contributed by atoms with Crippen molar-refractivity contribution in [3.8, 4) is 5.69 Å². The molecule has 1 aliphatic rings. The molecule has 0 N–H and O–H groups in total. The second-order valence-electron chi connectivity index (χ2n) is 7.28. The molecule has 0 aliphatic carbocycles. The largest absolute Gasteiger partial charge is 0.312 e. The number of piperidine rings is 1. The first-order valence-corrected chi connectivity index (χ1v) is 9.87. The number of amides is 1. The van der Waals surface area contributed by atoms with Crippen molar-refractivity contribution in [3.63, 3.8) is 0 Å². The van der Waals surface area contributed by atoms with Crippen molar-refractivity contribution in [1.82, 2.24) is 4.57 Å². The molecule has 6 heteroatoms. The van der Waals surface area contributed by atoms with Crippen LogP contribution >= 0.6 is 0 Å². The Morgan fingerprint density at radius 2 is 1.43 bits per heavy atom. The van der Waals surface area contributed by atoms with E-state index in [2.05, 4.69) is 0 Å². The maximum atomic E-state index is 13.3. The van der Waals surface area contributed by atoms with E-state index >= 15 is 0 Å². The normalized spacial score (nSPS) is 13.6. The summed E-state index contributed by atoms with van der Waals surface area (Å²) in [5, 5.41) is 0. The van der Waals surface area contributed by atoms with Crippen LogP contribution in [-0.2, 0) is 4.79 Å². The van der Waals surface area contributed by atoms with Gasteiger partial charge >= 0.3 is 0 Å². The van der Waals surface area contributed by atoms with E-state index in [-0.39, 0.29) is 23.1 Å². The number of nitrogens with zero attached hydrogens (tertiary/aromatic N) is 2. The highest BCUT2D eigenvalue weighted by molar-refractivity contribution is 5.93. The summed E-state index contributed by atoms with van der Waals surface area (Å²) in [6.07, 6.45) is 4.15. The van der Waals surface area contributed by atoms with Crippen molar-refractivity contribution in [2.45, 2.75) is 33.1 Å². The fourth-order valence-electron chi connectivity index (χ4n) is 3.20. The number of anilines is 1. The zero-order valence-corrected chi connectivity index (χ0v) is 17.1. The van der Waals surface area contributed by atoms with Gasteiger partial charge in [0.25, 0.3) is 5.56 Å². The molecule has 1 amide bonds. The van der Waals surface area contributed by atoms with E-state index in [1.807, 2.05) is 6.07 Å². The number of carbonyl (C=O) groups excluding carboxylic acids is 1. The van der Waals surface area contributed by atoms with Gasteiger partial charge in [-0.05, 0) is 68.1 Å². The van der Waals surface area contributed by atoms with Gasteiger partial charge in [0.1, 0.15) is 11.6 Å². The number of pyridine rings is 1. The molecule has 0 radical (unpaired) electrons. The van der Waals surface area contributed by atoms with Crippen molar-refractivity contribution in [2.24, 2.45) is 0 Å². The van der Waals surface area contributed by atoms with Crippen molar-refractivity contribution in [2.75, 3.05) is 11.4 Å². The molecule has 0 saturated carbocycles. The third kappa shape index (κ3) is 5.00. The number of benzene rings is 2. The van der Waals surface area contributed by atoms with Crippen LogP contribution in [0.1, 0.15) is 30.4 Å². The first-order chi connectivity index (χ1) is 14.4. The molecule has 2 aromatic carbocycles. The third-order valence-electron chi connectivity index (χ3n) is 5.05. The van der Waals surface area contributed by atoms with Crippen LogP contribution in [0.4, 0.5) is 14.5 Å². The minimum atomic E-state index is -0.303. The van der Waals surface area contributed by atoms with Crippen LogP contribution < -0.4 is 10.5 Å². The van der Waals surface area contributed by atoms with Gasteiger partial charge in [-0.3, -0.25) is 14.2 Å². The summed E-state index contributed by atoms with van der Waals surface area (Å²) in [5.41, 5.74) is 2.25. The van der Waals surface area contributed by atoms with Gasteiger partial charge in [-0.25, -0.2) is 8.78 Å². The van der Waals surface area contributed by atoms with Gasteiger partial charge in [-0.2, -0.15) is 0 Å². The summed E-state index contributed by atoms with van der Waals surface area (Å²) in [7, 11) is 0. The van der Waals surface area contributed by atoms with E-state index in [1.54, 1.807) is 55.3 Å². The van der Waals surface area contributed by atoms with Gasteiger partial charge in [-0.15, -0.1) is 0 Å². The molecule has 1 fully saturated rings. The first kappa shape index (κ1) is 21.4. The van der Waals surface area contributed by atoms with Gasteiger partial charge in [0.15, 0.2) is 0 Å². The molecule has 30 heavy (non-hydrogen) atoms. The Morgan fingerprint density at radius 1 is 0.800 bits per heavy atom. The van der Waals surface area contributed by atoms with Crippen molar-refractivity contribution < 1.29 is 13.6 Å². The standard InChI is InChI=1S/C12H14FNO.C12H10FNO/c2*1-9-5-6-10(8-11(9)13)14-7-3-2-4-12(14)15/h5-6,8H,2-4,7H2,1H3;2-8H,1H3. The number of halogens is 2. The molecule has 0 unspecified atom stereocenters. The second kappa shape index (κ2) is 9.48. The maximum absolute atomic E-state index is 13.3. The van der Waals surface area contributed by atoms with Crippen LogP contribution in [0.25, 0.3) is 5.69 Å². The first-order valence-electron chi connectivity index (χ1n) is 9.87. The Morgan fingerprint density at radius 3 is 2.03 bits per heavy atom. The Labute approximate surface area is 174 Å². The van der Waals surface area contributed by atoms with Crippen LogP contribution in [0.15, 0.2) is 65.6 Å². The van der Waals surface area contributed by atoms with Gasteiger partial charge in [0.05, 0.1) is 5.69 Å². The van der Waals surface area contributed by atoms with E-state index < -0.39 is 0 Å². The second-order valence-corrected chi connectivity index (χ2v) is 7.28. The number of hydrogen-bond donors (Lipinski definition) is 0. The fourth-order valence-corrected chi connectivity index (χ4v) is 3.20. The molecule has 0 spiro atoms. The van der Waals surface area contributed by atoms with Gasteiger partial charge in [0.2, 0.25) is 5.91 Å². The summed E-state index contributed by atoms with van der Waals surface area (Å²) in [6.45, 7) is 4.12. The monoisotopic (exact) mass is 410 g/mol. The van der Waals surface area contributed by atoms with Crippen LogP contribution in [0, 0.1) is 25.5 Å². The highest BCUT2D eigenvalue weighted by Crippen LogP contribution is 2.22. The van der Waals surface area contributed by atoms with Crippen molar-refractivity contribution in [3.05, 3.63) is 93.9 Å². The minimum Gasteiger partial charge on any atom is -0.312 e. The Kier molecular flexibility index (Phi) is 6.77. The molecule has 0 bridgehead atoms. The van der Waals surface area contributed by atoms with E-state index in [9.17, 15) is 18.4 Å². The van der Waals surface area contributed by atoms with E-state index in [0.717, 1.165) is 12.8 Å². The molecule has 1 aliphatic heterocycles. The zero-order valence-electron chi connectivity index (χ0n) is 17.1. The molecule has 1 saturated heterocycles. The van der Waals surface area contributed by atoms with Crippen molar-refractivity contribution >= 4 is 11.6 Å². The van der Waals surface area contributed by atoms with Crippen LogP contribution in [0.3, 0.4) is 0 Å². The molecular formula is C24H24F2N2O2. The number of hydrogen-bond acceptors (Lipinski definition) is 2. The molecule has 4 nitrogen and oxygen atoms in total. The number of carbonyl (C=O) groups is 1. The molecule has 156 valence electrons. The third-order valence-corrected chi connectivity index (χ3v) is 5.05. The summed E-state index contributed by atoms with van der Waals surface area (Å²) >= 11 is 0. The average Bonchev–Trinajstić information content (AvgIpc) is 2.73. The SMILES string of the molecule is Cc1ccc(-n2ccccc2=O)cc1F.Cc1ccc(N2CCCCC2=O)cc1F. The fraction of sp³-hybridized carbons (Fsp3) is 0.250. The summed E-state index contributed by atoms with van der Waals surface area (Å²) < 4.78 is 28.0. The lowest BCUT2D eigenvalue weighted by Crippen LogP contribution is -2.35. The topological polar surface area (TPSA) is 42.3 Å². The molecule has 4 rings (SSSR count). The van der Waals surface area contributed by atoms with Gasteiger partial charge < -0.3 is 4.90 Å². The summed E-state index contributed by atoms with van der Waals surface area (Å²) in [6, 6.07) is 14.5. The highest BCUT2D eigenvalue weighted by atomic mass is 19.1. The Balaban J connectivity index is 0.000000171. The maximum Gasteiger partial charge on any atom is 0.255 e. The van der Waals surface area contributed by atoms with Crippen LogP contribution in [0.5, 0.6) is 0 Å². The van der Waals surface area contributed by atoms with Gasteiger partial charge in [0, 0.05) is 30.9 Å². The molecular weight excluding hydrogens is 386 g/mol. The predicted molar refractivity (Wildman–Crippen MR) is 114 cm³/mol. The highest BCUT2D eigenvalue weighted by Gasteiger charge is 2.19. The number of aryl methyl sites for hydroxylation is 2. The number of aromatic nitrogens is 1. The minimum absolute atomic E-state index is 0.101. The van der Waals surface area contributed by atoms with Gasteiger partial charge in [-0.1, -0.05) is 18.2 Å². The summed E-state index contributed by atoms with van der Waals surface area (Å²) in [5.74, 6) is -0.446. The smallest absolute Gasteiger partial charge is 0.255 e. The Hall–Kier alpha value is -3.28. The molecule has 3 aromatic rings. The lowest BCUT2D eigenvalue weighted by atomic mass is 10.1. The quantitative estimate of drug-likeness (QED) is 0.601. The number of rotatable bonds is 2. The van der Waals surface area contributed by atoms with E-state index in [0.29, 0.717) is 35.5 Å². The lowest BCUT2D eigenvalue weighted by molar-refractivity contribution is -0.119. The molecule has 2 heterocycles. The van der Waals surface area contributed by atoms with Crippen molar-refractivity contribution in [1.29, 1.82) is 0 Å². The van der Waals surface area contributed by atoms with Crippen LogP contribution in [0.2, 0.25) is 0 Å². The average molecular weight is 410 g/mol. The van der Waals surface area contributed by atoms with Crippen LogP contribution in [-0.4, -0.2) is 17.0 Å². The zero-order chi connectivity index (χ0) is 21.7. The molecule has 0 atom stereocenters.